The van der Waals surface area contributed by atoms with E-state index in [-0.39, 0.29) is 23.4 Å². The van der Waals surface area contributed by atoms with Crippen LogP contribution in [0.5, 0.6) is 0 Å². The summed E-state index contributed by atoms with van der Waals surface area (Å²) in [6, 6.07) is 11.9. The smallest absolute Gasteiger partial charge is 0.259 e. The average Bonchev–Trinajstić information content (AvgIpc) is 3.45. The van der Waals surface area contributed by atoms with E-state index in [0.29, 0.717) is 17.9 Å². The Labute approximate surface area is 207 Å². The summed E-state index contributed by atoms with van der Waals surface area (Å²) in [4.78, 5) is 39.3. The van der Waals surface area contributed by atoms with Gasteiger partial charge in [-0.05, 0) is 65.8 Å². The van der Waals surface area contributed by atoms with Gasteiger partial charge in [0, 0.05) is 15.3 Å². The molecule has 1 aromatic carbocycles. The van der Waals surface area contributed by atoms with Crippen LogP contribution in [-0.2, 0) is 31.3 Å². The fourth-order valence-corrected chi connectivity index (χ4v) is 6.55. The van der Waals surface area contributed by atoms with Crippen LogP contribution < -0.4 is 5.56 Å². The van der Waals surface area contributed by atoms with Crippen LogP contribution in [-0.4, -0.2) is 20.8 Å². The Bertz CT molecular complexity index is 1380. The first-order chi connectivity index (χ1) is 16.3. The summed E-state index contributed by atoms with van der Waals surface area (Å²) in [5, 5.41) is 2.76. The van der Waals surface area contributed by atoms with Crippen molar-refractivity contribution in [3.63, 3.8) is 0 Å². The largest absolute Gasteiger partial charge is 0.326 e. The van der Waals surface area contributed by atoms with Gasteiger partial charge in [0.2, 0.25) is 0 Å². The van der Waals surface area contributed by atoms with E-state index in [0.717, 1.165) is 34.4 Å². The summed E-state index contributed by atoms with van der Waals surface area (Å²) in [5.74, 6) is 0.467. The fourth-order valence-electron chi connectivity index (χ4n) is 4.55. The quantitative estimate of drug-likeness (QED) is 0.369. The zero-order valence-corrected chi connectivity index (χ0v) is 21.4. The number of rotatable bonds is 5. The number of aromatic nitrogens is 2. The lowest BCUT2D eigenvalue weighted by Crippen LogP contribution is -2.31. The molecule has 7 heteroatoms. The Balaban J connectivity index is 1.47. The van der Waals surface area contributed by atoms with E-state index >= 15 is 0 Å². The second kappa shape index (κ2) is 9.12. The maximum absolute atomic E-state index is 13.6. The van der Waals surface area contributed by atoms with Crippen LogP contribution in [0.3, 0.4) is 0 Å². The number of nitrogens with zero attached hydrogens (tertiary/aromatic N) is 2. The van der Waals surface area contributed by atoms with Crippen molar-refractivity contribution in [2.75, 3.05) is 0 Å². The third-order valence-corrected chi connectivity index (χ3v) is 8.47. The molecule has 1 N–H and O–H groups in total. The SMILES string of the molecule is CC(C)(C)c1ccc(C(=O)N(Cc2nc3sc4c(c3c(=O)[nH]2)CCCC4)Cc2cccs2)cc1. The molecule has 3 heterocycles. The van der Waals surface area contributed by atoms with Crippen molar-refractivity contribution in [2.24, 2.45) is 0 Å². The average molecular weight is 492 g/mol. The Morgan fingerprint density at radius 1 is 1.09 bits per heavy atom. The molecule has 0 saturated heterocycles. The number of nitrogens with one attached hydrogen (secondary N) is 1. The lowest BCUT2D eigenvalue weighted by atomic mass is 9.86. The van der Waals surface area contributed by atoms with Gasteiger partial charge in [0.25, 0.3) is 11.5 Å². The third-order valence-electron chi connectivity index (χ3n) is 6.43. The van der Waals surface area contributed by atoms with Crippen molar-refractivity contribution in [1.29, 1.82) is 0 Å². The highest BCUT2D eigenvalue weighted by molar-refractivity contribution is 7.18. The summed E-state index contributed by atoms with van der Waals surface area (Å²) in [7, 11) is 0. The molecule has 5 rings (SSSR count). The Kier molecular flexibility index (Phi) is 6.16. The van der Waals surface area contributed by atoms with Crippen LogP contribution in [0.1, 0.15) is 70.7 Å². The third kappa shape index (κ3) is 4.59. The number of fused-ring (bicyclic) bond motifs is 3. The maximum atomic E-state index is 13.6. The van der Waals surface area contributed by atoms with Crippen molar-refractivity contribution < 1.29 is 4.79 Å². The molecular weight excluding hydrogens is 462 g/mol. The number of carbonyl (C=O) groups is 1. The number of benzene rings is 1. The first-order valence-corrected chi connectivity index (χ1v) is 13.4. The van der Waals surface area contributed by atoms with Gasteiger partial charge in [0.05, 0.1) is 18.5 Å². The summed E-state index contributed by atoms with van der Waals surface area (Å²) in [5.41, 5.74) is 2.94. The molecule has 0 unspecified atom stereocenters. The molecule has 0 fully saturated rings. The predicted molar refractivity (Wildman–Crippen MR) is 140 cm³/mol. The molecule has 0 radical (unpaired) electrons. The lowest BCUT2D eigenvalue weighted by Gasteiger charge is -2.23. The summed E-state index contributed by atoms with van der Waals surface area (Å²) in [6.07, 6.45) is 4.27. The molecular formula is C27H29N3O2S2. The topological polar surface area (TPSA) is 66.1 Å². The van der Waals surface area contributed by atoms with Gasteiger partial charge in [0.1, 0.15) is 10.7 Å². The van der Waals surface area contributed by atoms with Gasteiger partial charge in [-0.3, -0.25) is 9.59 Å². The molecule has 1 amide bonds. The van der Waals surface area contributed by atoms with E-state index < -0.39 is 0 Å². The second-order valence-corrected chi connectivity index (χ2v) is 12.1. The van der Waals surface area contributed by atoms with Crippen LogP contribution in [0.4, 0.5) is 0 Å². The summed E-state index contributed by atoms with van der Waals surface area (Å²) in [6.45, 7) is 7.21. The van der Waals surface area contributed by atoms with E-state index in [1.807, 2.05) is 41.8 Å². The number of hydrogen-bond donors (Lipinski definition) is 1. The van der Waals surface area contributed by atoms with Crippen LogP contribution in [0.15, 0.2) is 46.6 Å². The molecule has 1 aliphatic carbocycles. The van der Waals surface area contributed by atoms with Crippen molar-refractivity contribution in [3.8, 4) is 0 Å². The molecule has 0 bridgehead atoms. The molecule has 0 saturated carbocycles. The van der Waals surface area contributed by atoms with E-state index in [9.17, 15) is 9.59 Å². The molecule has 34 heavy (non-hydrogen) atoms. The lowest BCUT2D eigenvalue weighted by molar-refractivity contribution is 0.0727. The van der Waals surface area contributed by atoms with Crippen molar-refractivity contribution in [1.82, 2.24) is 14.9 Å². The van der Waals surface area contributed by atoms with Gasteiger partial charge in [-0.1, -0.05) is 39.0 Å². The van der Waals surface area contributed by atoms with Crippen LogP contribution in [0, 0.1) is 0 Å². The highest BCUT2D eigenvalue weighted by atomic mass is 32.1. The van der Waals surface area contributed by atoms with Gasteiger partial charge in [-0.15, -0.1) is 22.7 Å². The first kappa shape index (κ1) is 23.0. The molecule has 1 aliphatic rings. The number of thiophene rings is 2. The second-order valence-electron chi connectivity index (χ2n) is 9.97. The summed E-state index contributed by atoms with van der Waals surface area (Å²) >= 11 is 3.26. The van der Waals surface area contributed by atoms with Gasteiger partial charge >= 0.3 is 0 Å². The van der Waals surface area contributed by atoms with E-state index in [2.05, 4.69) is 25.8 Å². The highest BCUT2D eigenvalue weighted by Gasteiger charge is 2.23. The zero-order chi connectivity index (χ0) is 23.9. The van der Waals surface area contributed by atoms with E-state index in [4.69, 9.17) is 4.98 Å². The van der Waals surface area contributed by atoms with Crippen molar-refractivity contribution in [2.45, 2.75) is 65.0 Å². The van der Waals surface area contributed by atoms with E-state index in [1.54, 1.807) is 27.6 Å². The minimum absolute atomic E-state index is 0.0247. The van der Waals surface area contributed by atoms with Gasteiger partial charge in [-0.2, -0.15) is 0 Å². The highest BCUT2D eigenvalue weighted by Crippen LogP contribution is 2.33. The molecule has 0 spiro atoms. The fraction of sp³-hybridized carbons (Fsp3) is 0.370. The van der Waals surface area contributed by atoms with Crippen molar-refractivity contribution in [3.05, 3.63) is 84.4 Å². The molecule has 0 aliphatic heterocycles. The van der Waals surface area contributed by atoms with Crippen LogP contribution >= 0.6 is 22.7 Å². The van der Waals surface area contributed by atoms with Gasteiger partial charge in [0.15, 0.2) is 0 Å². The number of amides is 1. The number of aryl methyl sites for hydroxylation is 2. The van der Waals surface area contributed by atoms with Crippen LogP contribution in [0.25, 0.3) is 10.2 Å². The number of carbonyl (C=O) groups excluding carboxylic acids is 1. The minimum atomic E-state index is -0.0857. The minimum Gasteiger partial charge on any atom is -0.326 e. The van der Waals surface area contributed by atoms with Crippen LogP contribution in [0.2, 0.25) is 0 Å². The predicted octanol–water partition coefficient (Wildman–Crippen LogP) is 6.07. The first-order valence-electron chi connectivity index (χ1n) is 11.8. The van der Waals surface area contributed by atoms with Gasteiger partial charge in [-0.25, -0.2) is 4.98 Å². The molecule has 176 valence electrons. The summed E-state index contributed by atoms with van der Waals surface area (Å²) < 4.78 is 0. The molecule has 4 aromatic rings. The Morgan fingerprint density at radius 2 is 1.85 bits per heavy atom. The Morgan fingerprint density at radius 3 is 2.56 bits per heavy atom. The normalized spacial score (nSPS) is 13.7. The molecule has 5 nitrogen and oxygen atoms in total. The molecule has 0 atom stereocenters. The molecule has 3 aromatic heterocycles. The van der Waals surface area contributed by atoms with Crippen molar-refractivity contribution >= 4 is 38.8 Å². The number of H-pyrrole nitrogens is 1. The Hall–Kier alpha value is -2.77. The van der Waals surface area contributed by atoms with Gasteiger partial charge < -0.3 is 9.88 Å². The maximum Gasteiger partial charge on any atom is 0.259 e. The number of aromatic amines is 1. The van der Waals surface area contributed by atoms with E-state index in [1.165, 1.54) is 22.4 Å². The zero-order valence-electron chi connectivity index (χ0n) is 19.8. The standard InChI is InChI=1S/C27H29N3O2S2/c1-27(2,3)18-12-10-17(11-13-18)26(32)30(15-19-7-6-14-33-19)16-22-28-24(31)23-20-8-4-5-9-21(20)34-25(23)29-22/h6-7,10-14H,4-5,8-9,15-16H2,1-3H3,(H,28,29,31). The monoisotopic (exact) mass is 491 g/mol. The number of hydrogen-bond acceptors (Lipinski definition) is 5.